The third-order valence-corrected chi connectivity index (χ3v) is 1.37. The molecule has 0 aromatic carbocycles. The summed E-state index contributed by atoms with van der Waals surface area (Å²) in [6.07, 6.45) is 7.34. The molecule has 48 valence electrons. The third kappa shape index (κ3) is 1.28. The molecule has 0 aromatic rings. The number of hydrogen-bond acceptors (Lipinski definition) is 1. The highest BCUT2D eigenvalue weighted by Gasteiger charge is 2.08. The molecule has 0 unspecified atom stereocenters. The predicted octanol–water partition coefficient (Wildman–Crippen LogP) is 1.85. The zero-order valence-corrected chi connectivity index (χ0v) is 5.55. The lowest BCUT2D eigenvalue weighted by atomic mass is 10.2. The topological polar surface area (TPSA) is 17.1 Å². The van der Waals surface area contributed by atoms with E-state index in [9.17, 15) is 4.79 Å². The molecule has 9 heavy (non-hydrogen) atoms. The lowest BCUT2D eigenvalue weighted by molar-refractivity contribution is -0.111. The Labute approximate surface area is 55.1 Å². The number of rotatable bonds is 1. The largest absolute Gasteiger partial charge is 0.290 e. The molecule has 0 radical (unpaired) electrons. The molecule has 0 aromatic heterocycles. The van der Waals surface area contributed by atoms with E-state index in [0.717, 1.165) is 18.4 Å². The second-order valence-corrected chi connectivity index (χ2v) is 2.11. The van der Waals surface area contributed by atoms with Crippen molar-refractivity contribution in [3.8, 4) is 0 Å². The molecule has 1 aliphatic carbocycles. The van der Waals surface area contributed by atoms with Crippen molar-refractivity contribution >= 4 is 5.78 Å². The fourth-order valence-electron chi connectivity index (χ4n) is 0.931. The normalized spacial score (nSPS) is 21.9. The minimum atomic E-state index is 0.192. The summed E-state index contributed by atoms with van der Waals surface area (Å²) in [7, 11) is 0. The van der Waals surface area contributed by atoms with E-state index in [0.29, 0.717) is 0 Å². The Balaban J connectivity index is 2.66. The Morgan fingerprint density at radius 2 is 2.56 bits per heavy atom. The Morgan fingerprint density at radius 1 is 1.78 bits per heavy atom. The number of allylic oxidation sites excluding steroid dienone is 4. The first kappa shape index (κ1) is 6.27. The molecule has 0 bridgehead atoms. The van der Waals surface area contributed by atoms with Crippen LogP contribution in [0.25, 0.3) is 0 Å². The molecule has 0 saturated carbocycles. The molecule has 0 heterocycles. The van der Waals surface area contributed by atoms with Crippen LogP contribution >= 0.6 is 0 Å². The summed E-state index contributed by atoms with van der Waals surface area (Å²) in [6, 6.07) is 0. The first-order valence-corrected chi connectivity index (χ1v) is 3.24. The summed E-state index contributed by atoms with van der Waals surface area (Å²) in [6.45, 7) is 2.04. The molecule has 0 fully saturated rings. The van der Waals surface area contributed by atoms with Gasteiger partial charge in [-0.1, -0.05) is 19.1 Å². The maximum atomic E-state index is 10.8. The Bertz CT molecular complexity index is 175. The van der Waals surface area contributed by atoms with E-state index in [-0.39, 0.29) is 5.78 Å². The van der Waals surface area contributed by atoms with E-state index in [4.69, 9.17) is 0 Å². The minimum absolute atomic E-state index is 0.192. The highest BCUT2D eigenvalue weighted by Crippen LogP contribution is 2.12. The Kier molecular flexibility index (Phi) is 1.83. The summed E-state index contributed by atoms with van der Waals surface area (Å²) in [5.74, 6) is 0.192. The van der Waals surface area contributed by atoms with Gasteiger partial charge in [-0.05, 0) is 24.5 Å². The van der Waals surface area contributed by atoms with E-state index >= 15 is 0 Å². The van der Waals surface area contributed by atoms with Crippen LogP contribution < -0.4 is 0 Å². The van der Waals surface area contributed by atoms with Crippen LogP contribution in [-0.4, -0.2) is 5.78 Å². The summed E-state index contributed by atoms with van der Waals surface area (Å²) in [4.78, 5) is 10.8. The SMILES string of the molecule is CCC=C1CC=CC1=O. The molecular formula is C8H10O. The zero-order valence-electron chi connectivity index (χ0n) is 5.55. The third-order valence-electron chi connectivity index (χ3n) is 1.37. The van der Waals surface area contributed by atoms with Crippen LogP contribution in [0.5, 0.6) is 0 Å². The molecular weight excluding hydrogens is 112 g/mol. The Morgan fingerprint density at radius 3 is 3.00 bits per heavy atom. The summed E-state index contributed by atoms with van der Waals surface area (Å²) >= 11 is 0. The molecule has 0 spiro atoms. The lowest BCUT2D eigenvalue weighted by Crippen LogP contribution is -1.89. The smallest absolute Gasteiger partial charge is 0.181 e. The maximum Gasteiger partial charge on any atom is 0.181 e. The van der Waals surface area contributed by atoms with E-state index < -0.39 is 0 Å². The van der Waals surface area contributed by atoms with Crippen molar-refractivity contribution in [2.45, 2.75) is 19.8 Å². The molecule has 1 rings (SSSR count). The van der Waals surface area contributed by atoms with Crippen LogP contribution in [0.4, 0.5) is 0 Å². The van der Waals surface area contributed by atoms with Gasteiger partial charge in [-0.15, -0.1) is 0 Å². The van der Waals surface area contributed by atoms with Crippen LogP contribution in [0.1, 0.15) is 19.8 Å². The zero-order chi connectivity index (χ0) is 6.69. The van der Waals surface area contributed by atoms with Gasteiger partial charge < -0.3 is 0 Å². The van der Waals surface area contributed by atoms with Crippen LogP contribution in [0.3, 0.4) is 0 Å². The molecule has 0 saturated heterocycles. The van der Waals surface area contributed by atoms with Crippen molar-refractivity contribution in [1.82, 2.24) is 0 Å². The highest BCUT2D eigenvalue weighted by molar-refractivity contribution is 6.06. The molecule has 1 heteroatoms. The predicted molar refractivity (Wildman–Crippen MR) is 37.1 cm³/mol. The fraction of sp³-hybridized carbons (Fsp3) is 0.375. The molecule has 1 aliphatic rings. The van der Waals surface area contributed by atoms with Crippen molar-refractivity contribution in [2.24, 2.45) is 0 Å². The average molecular weight is 122 g/mol. The van der Waals surface area contributed by atoms with Gasteiger partial charge in [0.05, 0.1) is 0 Å². The fourth-order valence-corrected chi connectivity index (χ4v) is 0.931. The van der Waals surface area contributed by atoms with Crippen molar-refractivity contribution in [2.75, 3.05) is 0 Å². The van der Waals surface area contributed by atoms with Gasteiger partial charge in [0.15, 0.2) is 5.78 Å². The second kappa shape index (κ2) is 2.62. The van der Waals surface area contributed by atoms with Gasteiger partial charge in [0.2, 0.25) is 0 Å². The van der Waals surface area contributed by atoms with Gasteiger partial charge in [-0.25, -0.2) is 0 Å². The second-order valence-electron chi connectivity index (χ2n) is 2.11. The standard InChI is InChI=1S/C8H10O/c1-2-4-7-5-3-6-8(7)9/h3-4,6H,2,5H2,1H3. The first-order valence-electron chi connectivity index (χ1n) is 3.24. The summed E-state index contributed by atoms with van der Waals surface area (Å²) in [5.41, 5.74) is 0.956. The first-order chi connectivity index (χ1) is 4.34. The van der Waals surface area contributed by atoms with Gasteiger partial charge in [0, 0.05) is 0 Å². The van der Waals surface area contributed by atoms with Gasteiger partial charge in [-0.3, -0.25) is 4.79 Å². The van der Waals surface area contributed by atoms with Crippen LogP contribution in [0.2, 0.25) is 0 Å². The number of ketones is 1. The number of hydrogen-bond donors (Lipinski definition) is 0. The minimum Gasteiger partial charge on any atom is -0.290 e. The molecule has 0 amide bonds. The molecule has 0 N–H and O–H groups in total. The van der Waals surface area contributed by atoms with Crippen LogP contribution in [-0.2, 0) is 4.79 Å². The van der Waals surface area contributed by atoms with Crippen LogP contribution in [0, 0.1) is 0 Å². The van der Waals surface area contributed by atoms with Crippen molar-refractivity contribution in [1.29, 1.82) is 0 Å². The summed E-state index contributed by atoms with van der Waals surface area (Å²) < 4.78 is 0. The monoisotopic (exact) mass is 122 g/mol. The number of carbonyl (C=O) groups is 1. The molecule has 0 atom stereocenters. The summed E-state index contributed by atoms with van der Waals surface area (Å²) in [5, 5.41) is 0. The van der Waals surface area contributed by atoms with Crippen molar-refractivity contribution in [3.63, 3.8) is 0 Å². The highest BCUT2D eigenvalue weighted by atomic mass is 16.1. The van der Waals surface area contributed by atoms with Gasteiger partial charge in [0.25, 0.3) is 0 Å². The van der Waals surface area contributed by atoms with Gasteiger partial charge >= 0.3 is 0 Å². The Hall–Kier alpha value is -0.850. The lowest BCUT2D eigenvalue weighted by Gasteiger charge is -1.89. The van der Waals surface area contributed by atoms with E-state index in [1.807, 2.05) is 19.1 Å². The average Bonchev–Trinajstić information content (AvgIpc) is 2.18. The van der Waals surface area contributed by atoms with Crippen molar-refractivity contribution < 1.29 is 4.79 Å². The van der Waals surface area contributed by atoms with Gasteiger partial charge in [0.1, 0.15) is 0 Å². The maximum absolute atomic E-state index is 10.8. The van der Waals surface area contributed by atoms with E-state index in [1.165, 1.54) is 0 Å². The molecule has 1 nitrogen and oxygen atoms in total. The van der Waals surface area contributed by atoms with Gasteiger partial charge in [-0.2, -0.15) is 0 Å². The van der Waals surface area contributed by atoms with Crippen molar-refractivity contribution in [3.05, 3.63) is 23.8 Å². The van der Waals surface area contributed by atoms with Crippen LogP contribution in [0.15, 0.2) is 23.8 Å². The molecule has 0 aliphatic heterocycles. The quantitative estimate of drug-likeness (QED) is 0.485. The number of carbonyl (C=O) groups excluding carboxylic acids is 1. The van der Waals surface area contributed by atoms with E-state index in [2.05, 4.69) is 0 Å². The van der Waals surface area contributed by atoms with E-state index in [1.54, 1.807) is 6.08 Å².